The van der Waals surface area contributed by atoms with E-state index in [2.05, 4.69) is 25.0 Å². The van der Waals surface area contributed by atoms with Crippen molar-refractivity contribution in [3.8, 4) is 0 Å². The number of aliphatic imine (C=N–C) groups is 1. The van der Waals surface area contributed by atoms with E-state index in [0.717, 1.165) is 28.0 Å². The van der Waals surface area contributed by atoms with Crippen LogP contribution >= 0.6 is 0 Å². The normalized spacial score (nSPS) is 17.9. The number of rotatable bonds is 5. The summed E-state index contributed by atoms with van der Waals surface area (Å²) >= 11 is 0. The predicted molar refractivity (Wildman–Crippen MR) is 111 cm³/mol. The lowest BCUT2D eigenvalue weighted by Crippen LogP contribution is -2.31. The second-order valence-corrected chi connectivity index (χ2v) is 7.95. The molecule has 2 aromatic heterocycles. The van der Waals surface area contributed by atoms with E-state index in [-0.39, 0.29) is 17.7 Å². The van der Waals surface area contributed by atoms with E-state index >= 15 is 0 Å². The minimum Gasteiger partial charge on any atom is -0.476 e. The van der Waals surface area contributed by atoms with Crippen LogP contribution in [0.3, 0.4) is 0 Å². The number of carbonyl (C=O) groups is 1. The Labute approximate surface area is 169 Å². The average molecular weight is 388 g/mol. The minimum absolute atomic E-state index is 0.0921. The molecule has 29 heavy (non-hydrogen) atoms. The number of benzene rings is 1. The first-order valence-electron chi connectivity index (χ1n) is 10.1. The molecule has 6 nitrogen and oxygen atoms in total. The van der Waals surface area contributed by atoms with Gasteiger partial charge in [-0.2, -0.15) is 0 Å². The van der Waals surface area contributed by atoms with Crippen molar-refractivity contribution in [1.29, 1.82) is 0 Å². The summed E-state index contributed by atoms with van der Waals surface area (Å²) in [5, 5.41) is 0. The highest BCUT2D eigenvalue weighted by Gasteiger charge is 2.33. The van der Waals surface area contributed by atoms with E-state index in [1.807, 2.05) is 51.9 Å². The third-order valence-electron chi connectivity index (χ3n) is 6.07. The van der Waals surface area contributed by atoms with Crippen molar-refractivity contribution in [1.82, 2.24) is 14.3 Å². The number of hydrogen-bond donors (Lipinski definition) is 0. The molecule has 0 N–H and O–H groups in total. The zero-order valence-corrected chi connectivity index (χ0v) is 16.7. The number of hydrogen-bond acceptors (Lipinski definition) is 4. The SMILES string of the molecule is CC(c1cn2ccccc2n1)[C@@H](C)CN1Cc2c(cccc2C2=NCCO2)C1=O. The molecule has 1 aromatic carbocycles. The first-order chi connectivity index (χ1) is 14.1. The molecule has 0 saturated heterocycles. The average Bonchev–Trinajstić information content (AvgIpc) is 3.47. The molecule has 1 amide bonds. The van der Waals surface area contributed by atoms with Gasteiger partial charge in [0, 0.05) is 42.5 Å². The molecule has 2 atom stereocenters. The Morgan fingerprint density at radius 1 is 1.14 bits per heavy atom. The van der Waals surface area contributed by atoms with Gasteiger partial charge in [-0.25, -0.2) is 9.98 Å². The fourth-order valence-electron chi connectivity index (χ4n) is 4.21. The van der Waals surface area contributed by atoms with Gasteiger partial charge in [-0.05, 0) is 35.7 Å². The molecule has 0 aliphatic carbocycles. The van der Waals surface area contributed by atoms with Gasteiger partial charge < -0.3 is 14.0 Å². The Morgan fingerprint density at radius 3 is 2.79 bits per heavy atom. The highest BCUT2D eigenvalue weighted by molar-refractivity contribution is 6.04. The van der Waals surface area contributed by atoms with Crippen LogP contribution in [0.2, 0.25) is 0 Å². The molecule has 0 fully saturated rings. The summed E-state index contributed by atoms with van der Waals surface area (Å²) < 4.78 is 7.70. The van der Waals surface area contributed by atoms with Crippen molar-refractivity contribution in [2.75, 3.05) is 19.7 Å². The molecule has 5 rings (SSSR count). The zero-order chi connectivity index (χ0) is 20.0. The lowest BCUT2D eigenvalue weighted by atomic mass is 9.93. The summed E-state index contributed by atoms with van der Waals surface area (Å²) in [5.41, 5.74) is 4.77. The minimum atomic E-state index is 0.0921. The summed E-state index contributed by atoms with van der Waals surface area (Å²) in [7, 11) is 0. The van der Waals surface area contributed by atoms with Gasteiger partial charge in [0.05, 0.1) is 12.2 Å². The lowest BCUT2D eigenvalue weighted by molar-refractivity contribution is 0.0749. The van der Waals surface area contributed by atoms with Crippen LogP contribution < -0.4 is 0 Å². The van der Waals surface area contributed by atoms with Crippen molar-refractivity contribution in [3.63, 3.8) is 0 Å². The number of ether oxygens (including phenoxy) is 1. The largest absolute Gasteiger partial charge is 0.476 e. The summed E-state index contributed by atoms with van der Waals surface area (Å²) in [4.78, 5) is 24.2. The lowest BCUT2D eigenvalue weighted by Gasteiger charge is -2.24. The summed E-state index contributed by atoms with van der Waals surface area (Å²) in [6.45, 7) is 6.97. The predicted octanol–water partition coefficient (Wildman–Crippen LogP) is 3.51. The molecule has 6 heteroatoms. The van der Waals surface area contributed by atoms with Gasteiger partial charge in [0.25, 0.3) is 5.91 Å². The maximum Gasteiger partial charge on any atom is 0.254 e. The van der Waals surface area contributed by atoms with E-state index < -0.39 is 0 Å². The standard InChI is InChI=1S/C23H24N4O2/c1-15(16(2)20-14-26-10-4-3-8-21(26)25-20)12-27-13-19-17(22-24-9-11-29-22)6-5-7-18(19)23(27)28/h3-8,10,14-16H,9,11-13H2,1-2H3/t15-,16?/m0/s1. The number of imidazole rings is 1. The molecular formula is C23H24N4O2. The van der Waals surface area contributed by atoms with Crippen LogP contribution in [0.5, 0.6) is 0 Å². The Balaban J connectivity index is 1.35. The second-order valence-electron chi connectivity index (χ2n) is 7.95. The van der Waals surface area contributed by atoms with Crippen molar-refractivity contribution in [3.05, 3.63) is 71.2 Å². The third kappa shape index (κ3) is 3.09. The number of carbonyl (C=O) groups excluding carboxylic acids is 1. The van der Waals surface area contributed by atoms with Crippen LogP contribution in [0.1, 0.15) is 46.9 Å². The maximum absolute atomic E-state index is 13.0. The third-order valence-corrected chi connectivity index (χ3v) is 6.07. The van der Waals surface area contributed by atoms with Gasteiger partial charge >= 0.3 is 0 Å². The molecule has 3 aromatic rings. The van der Waals surface area contributed by atoms with Gasteiger partial charge in [-0.15, -0.1) is 0 Å². The zero-order valence-electron chi connectivity index (χ0n) is 16.7. The molecule has 0 bridgehead atoms. The van der Waals surface area contributed by atoms with E-state index in [1.54, 1.807) is 0 Å². The van der Waals surface area contributed by atoms with Crippen LogP contribution in [0, 0.1) is 5.92 Å². The van der Waals surface area contributed by atoms with Gasteiger partial charge in [-0.3, -0.25) is 4.79 Å². The first kappa shape index (κ1) is 17.9. The van der Waals surface area contributed by atoms with Crippen LogP contribution in [0.15, 0.2) is 53.8 Å². The number of aromatic nitrogens is 2. The molecule has 2 aliphatic heterocycles. The van der Waals surface area contributed by atoms with Crippen LogP contribution in [0.4, 0.5) is 0 Å². The maximum atomic E-state index is 13.0. The Hall–Kier alpha value is -3.15. The summed E-state index contributed by atoms with van der Waals surface area (Å²) in [6, 6.07) is 11.8. The molecule has 2 aliphatic rings. The molecule has 1 unspecified atom stereocenters. The Bertz CT molecular complexity index is 1080. The molecule has 0 radical (unpaired) electrons. The van der Waals surface area contributed by atoms with Gasteiger partial charge in [-0.1, -0.05) is 26.0 Å². The van der Waals surface area contributed by atoms with Gasteiger partial charge in [0.2, 0.25) is 5.90 Å². The molecule has 0 saturated carbocycles. The quantitative estimate of drug-likeness (QED) is 0.672. The van der Waals surface area contributed by atoms with Crippen LogP contribution in [-0.4, -0.2) is 45.8 Å². The van der Waals surface area contributed by atoms with E-state index in [0.29, 0.717) is 32.1 Å². The summed E-state index contributed by atoms with van der Waals surface area (Å²) in [5.74, 6) is 1.28. The molecule has 0 spiro atoms. The fraction of sp³-hybridized carbons (Fsp3) is 0.348. The van der Waals surface area contributed by atoms with Crippen molar-refractivity contribution >= 4 is 17.5 Å². The summed E-state index contributed by atoms with van der Waals surface area (Å²) in [6.07, 6.45) is 4.10. The molecule has 4 heterocycles. The van der Waals surface area contributed by atoms with Gasteiger partial charge in [0.15, 0.2) is 0 Å². The number of amides is 1. The smallest absolute Gasteiger partial charge is 0.254 e. The van der Waals surface area contributed by atoms with E-state index in [9.17, 15) is 4.79 Å². The van der Waals surface area contributed by atoms with Crippen LogP contribution in [0.25, 0.3) is 5.65 Å². The number of nitrogens with zero attached hydrogens (tertiary/aromatic N) is 4. The number of pyridine rings is 1. The first-order valence-corrected chi connectivity index (χ1v) is 10.1. The van der Waals surface area contributed by atoms with Gasteiger partial charge in [0.1, 0.15) is 12.3 Å². The van der Waals surface area contributed by atoms with Crippen LogP contribution in [-0.2, 0) is 11.3 Å². The highest BCUT2D eigenvalue weighted by Crippen LogP contribution is 2.31. The fourth-order valence-corrected chi connectivity index (χ4v) is 4.21. The number of fused-ring (bicyclic) bond motifs is 2. The monoisotopic (exact) mass is 388 g/mol. The molecular weight excluding hydrogens is 364 g/mol. The van der Waals surface area contributed by atoms with Crippen molar-refractivity contribution < 1.29 is 9.53 Å². The molecule has 148 valence electrons. The van der Waals surface area contributed by atoms with Crippen molar-refractivity contribution in [2.24, 2.45) is 10.9 Å². The topological polar surface area (TPSA) is 59.2 Å². The highest BCUT2D eigenvalue weighted by atomic mass is 16.5. The van der Waals surface area contributed by atoms with E-state index in [1.165, 1.54) is 0 Å². The van der Waals surface area contributed by atoms with E-state index in [4.69, 9.17) is 9.72 Å². The van der Waals surface area contributed by atoms with Crippen molar-refractivity contribution in [2.45, 2.75) is 26.3 Å². The Morgan fingerprint density at radius 2 is 2.00 bits per heavy atom. The second kappa shape index (κ2) is 7.03. The Kier molecular flexibility index (Phi) is 4.34.